The lowest BCUT2D eigenvalue weighted by atomic mass is 10.1. The van der Waals surface area contributed by atoms with Gasteiger partial charge in [-0.3, -0.25) is 5.32 Å². The largest absolute Gasteiger partial charge is 0.303 e. The number of thioether (sulfide) groups is 1. The summed E-state index contributed by atoms with van der Waals surface area (Å²) in [6, 6.07) is 3.01. The zero-order valence-corrected chi connectivity index (χ0v) is 13.6. The van der Waals surface area contributed by atoms with Crippen molar-refractivity contribution in [3.8, 4) is 6.07 Å². The maximum absolute atomic E-state index is 9.42. The van der Waals surface area contributed by atoms with Crippen molar-refractivity contribution in [1.82, 2.24) is 20.1 Å². The fourth-order valence-electron chi connectivity index (χ4n) is 2.42. The van der Waals surface area contributed by atoms with E-state index in [9.17, 15) is 5.26 Å². The van der Waals surface area contributed by atoms with Crippen molar-refractivity contribution in [2.75, 3.05) is 12.3 Å². The number of nitrogens with one attached hydrogen (secondary N) is 1. The molecule has 0 bridgehead atoms. The first-order valence-corrected chi connectivity index (χ1v) is 8.89. The molecule has 5 nitrogen and oxygen atoms in total. The standard InChI is InChI=1S/C15H23N5S/c1-3-8-17-15(2,9-16)10-21-14-19-18-13(11-4-5-11)20(14)12-6-7-12/h11-12,17H,3-8,10H2,1-2H3. The summed E-state index contributed by atoms with van der Waals surface area (Å²) in [5.41, 5.74) is -0.499. The van der Waals surface area contributed by atoms with E-state index in [1.165, 1.54) is 31.5 Å². The average molecular weight is 305 g/mol. The fourth-order valence-corrected chi connectivity index (χ4v) is 3.48. The van der Waals surface area contributed by atoms with Gasteiger partial charge in [-0.05, 0) is 45.6 Å². The fraction of sp³-hybridized carbons (Fsp3) is 0.800. The van der Waals surface area contributed by atoms with Crippen LogP contribution in [0.4, 0.5) is 0 Å². The Morgan fingerprint density at radius 1 is 1.38 bits per heavy atom. The van der Waals surface area contributed by atoms with E-state index in [1.54, 1.807) is 11.8 Å². The molecule has 2 aliphatic rings. The quantitative estimate of drug-likeness (QED) is 0.748. The van der Waals surface area contributed by atoms with Crippen molar-refractivity contribution < 1.29 is 0 Å². The molecule has 114 valence electrons. The minimum absolute atomic E-state index is 0.499. The maximum atomic E-state index is 9.42. The van der Waals surface area contributed by atoms with Gasteiger partial charge in [-0.15, -0.1) is 10.2 Å². The van der Waals surface area contributed by atoms with E-state index in [1.807, 2.05) is 6.92 Å². The van der Waals surface area contributed by atoms with Gasteiger partial charge in [0, 0.05) is 17.7 Å². The molecule has 2 saturated carbocycles. The van der Waals surface area contributed by atoms with Gasteiger partial charge in [0.1, 0.15) is 11.4 Å². The average Bonchev–Trinajstić information content (AvgIpc) is 3.41. The molecule has 0 amide bonds. The normalized spacial score (nSPS) is 21.0. The number of nitrogens with zero attached hydrogens (tertiary/aromatic N) is 4. The molecule has 6 heteroatoms. The second-order valence-corrected chi connectivity index (χ2v) is 7.32. The van der Waals surface area contributed by atoms with Gasteiger partial charge >= 0.3 is 0 Å². The molecule has 1 N–H and O–H groups in total. The minimum Gasteiger partial charge on any atom is -0.303 e. The van der Waals surface area contributed by atoms with Crippen molar-refractivity contribution >= 4 is 11.8 Å². The topological polar surface area (TPSA) is 66.5 Å². The van der Waals surface area contributed by atoms with Crippen LogP contribution >= 0.6 is 11.8 Å². The van der Waals surface area contributed by atoms with E-state index < -0.39 is 5.54 Å². The third-order valence-corrected chi connectivity index (χ3v) is 5.31. The molecule has 3 rings (SSSR count). The first-order chi connectivity index (χ1) is 10.2. The molecule has 0 aromatic carbocycles. The zero-order chi connectivity index (χ0) is 14.9. The van der Waals surface area contributed by atoms with Crippen LogP contribution in [-0.2, 0) is 0 Å². The summed E-state index contributed by atoms with van der Waals surface area (Å²) < 4.78 is 2.35. The van der Waals surface area contributed by atoms with E-state index in [-0.39, 0.29) is 0 Å². The van der Waals surface area contributed by atoms with Gasteiger partial charge in [-0.25, -0.2) is 0 Å². The van der Waals surface area contributed by atoms with Gasteiger partial charge < -0.3 is 4.57 Å². The van der Waals surface area contributed by atoms with Gasteiger partial charge in [0.15, 0.2) is 5.16 Å². The predicted octanol–water partition coefficient (Wildman–Crippen LogP) is 2.86. The van der Waals surface area contributed by atoms with Gasteiger partial charge in [-0.1, -0.05) is 18.7 Å². The molecule has 0 spiro atoms. The van der Waals surface area contributed by atoms with Crippen LogP contribution < -0.4 is 5.32 Å². The van der Waals surface area contributed by atoms with Crippen LogP contribution in [0.25, 0.3) is 0 Å². The Balaban J connectivity index is 1.68. The molecule has 1 aromatic rings. The molecule has 21 heavy (non-hydrogen) atoms. The third-order valence-electron chi connectivity index (χ3n) is 4.05. The van der Waals surface area contributed by atoms with E-state index >= 15 is 0 Å². The maximum Gasteiger partial charge on any atom is 0.191 e. The molecule has 0 aliphatic heterocycles. The summed E-state index contributed by atoms with van der Waals surface area (Å²) in [5.74, 6) is 2.52. The lowest BCUT2D eigenvalue weighted by Crippen LogP contribution is -2.43. The van der Waals surface area contributed by atoms with Crippen molar-refractivity contribution in [2.45, 2.75) is 68.6 Å². The van der Waals surface area contributed by atoms with E-state index in [4.69, 9.17) is 0 Å². The first-order valence-electron chi connectivity index (χ1n) is 7.90. The van der Waals surface area contributed by atoms with Crippen LogP contribution in [0.2, 0.25) is 0 Å². The zero-order valence-electron chi connectivity index (χ0n) is 12.8. The molecule has 1 atom stereocenters. The van der Waals surface area contributed by atoms with Crippen LogP contribution in [0.1, 0.15) is 63.7 Å². The Labute approximate surface area is 130 Å². The second kappa shape index (κ2) is 5.98. The number of hydrogen-bond acceptors (Lipinski definition) is 5. The highest BCUT2D eigenvalue weighted by Gasteiger charge is 2.37. The summed E-state index contributed by atoms with van der Waals surface area (Å²) in [6.45, 7) is 4.95. The van der Waals surface area contributed by atoms with Crippen LogP contribution in [-0.4, -0.2) is 32.6 Å². The van der Waals surface area contributed by atoms with Gasteiger partial charge in [0.2, 0.25) is 0 Å². The first kappa shape index (κ1) is 14.9. The van der Waals surface area contributed by atoms with E-state index in [0.717, 1.165) is 18.1 Å². The summed E-state index contributed by atoms with van der Waals surface area (Å²) in [4.78, 5) is 0. The van der Waals surface area contributed by atoms with Crippen LogP contribution in [0.5, 0.6) is 0 Å². The molecule has 0 saturated heterocycles. The van der Waals surface area contributed by atoms with E-state index in [0.29, 0.717) is 17.7 Å². The third kappa shape index (κ3) is 3.41. The summed E-state index contributed by atoms with van der Waals surface area (Å²) in [6.07, 6.45) is 6.03. The Morgan fingerprint density at radius 2 is 2.14 bits per heavy atom. The summed E-state index contributed by atoms with van der Waals surface area (Å²) in [5, 5.41) is 22.6. The Kier molecular flexibility index (Phi) is 4.23. The number of aromatic nitrogens is 3. The highest BCUT2D eigenvalue weighted by atomic mass is 32.2. The molecule has 2 fully saturated rings. The predicted molar refractivity (Wildman–Crippen MR) is 83.3 cm³/mol. The lowest BCUT2D eigenvalue weighted by Gasteiger charge is -2.22. The second-order valence-electron chi connectivity index (χ2n) is 6.38. The summed E-state index contributed by atoms with van der Waals surface area (Å²) in [7, 11) is 0. The highest BCUT2D eigenvalue weighted by Crippen LogP contribution is 2.46. The molecule has 1 heterocycles. The van der Waals surface area contributed by atoms with Gasteiger partial charge in [0.25, 0.3) is 0 Å². The molecular weight excluding hydrogens is 282 g/mol. The molecule has 0 radical (unpaired) electrons. The van der Waals surface area contributed by atoms with Crippen molar-refractivity contribution in [3.05, 3.63) is 5.82 Å². The lowest BCUT2D eigenvalue weighted by molar-refractivity contribution is 0.492. The molecule has 1 unspecified atom stereocenters. The van der Waals surface area contributed by atoms with Gasteiger partial charge in [-0.2, -0.15) is 5.26 Å². The summed E-state index contributed by atoms with van der Waals surface area (Å²) >= 11 is 1.67. The van der Waals surface area contributed by atoms with Crippen LogP contribution in [0.15, 0.2) is 5.16 Å². The van der Waals surface area contributed by atoms with Crippen molar-refractivity contribution in [1.29, 1.82) is 5.26 Å². The van der Waals surface area contributed by atoms with Crippen LogP contribution in [0.3, 0.4) is 0 Å². The highest BCUT2D eigenvalue weighted by molar-refractivity contribution is 7.99. The van der Waals surface area contributed by atoms with Crippen LogP contribution in [0, 0.1) is 11.3 Å². The van der Waals surface area contributed by atoms with Gasteiger partial charge in [0.05, 0.1) is 6.07 Å². The minimum atomic E-state index is -0.499. The number of rotatable bonds is 8. The van der Waals surface area contributed by atoms with E-state index in [2.05, 4.69) is 33.1 Å². The van der Waals surface area contributed by atoms with Crippen molar-refractivity contribution in [2.24, 2.45) is 0 Å². The van der Waals surface area contributed by atoms with Crippen molar-refractivity contribution in [3.63, 3.8) is 0 Å². The Bertz CT molecular complexity index is 541. The smallest absolute Gasteiger partial charge is 0.191 e. The SMILES string of the molecule is CCCNC(C)(C#N)CSc1nnc(C2CC2)n1C1CC1. The Morgan fingerprint density at radius 3 is 2.71 bits per heavy atom. The molecule has 2 aliphatic carbocycles. The Hall–Kier alpha value is -1.06. The number of nitriles is 1. The molecule has 1 aromatic heterocycles. The number of hydrogen-bond donors (Lipinski definition) is 1. The monoisotopic (exact) mass is 305 g/mol. The molecular formula is C15H23N5S.